The van der Waals surface area contributed by atoms with Gasteiger partial charge in [0, 0.05) is 24.0 Å². The number of thiazole rings is 1. The molecule has 1 aromatic heterocycles. The van der Waals surface area contributed by atoms with Gasteiger partial charge < -0.3 is 10.6 Å². The maximum atomic E-state index is 13.7. The molecular weight excluding hydrogens is 301 g/mol. The highest BCUT2D eigenvalue weighted by molar-refractivity contribution is 7.11. The van der Waals surface area contributed by atoms with Gasteiger partial charge in [0.1, 0.15) is 5.82 Å². The monoisotopic (exact) mass is 319 g/mol. The molecule has 6 heteroatoms. The van der Waals surface area contributed by atoms with Crippen molar-refractivity contribution in [3.05, 3.63) is 51.2 Å². The van der Waals surface area contributed by atoms with Gasteiger partial charge in [-0.05, 0) is 37.0 Å². The van der Waals surface area contributed by atoms with Gasteiger partial charge in [-0.25, -0.2) is 14.2 Å². The largest absolute Gasteiger partial charge is 0.338 e. The molecule has 0 saturated heterocycles. The summed E-state index contributed by atoms with van der Waals surface area (Å²) < 4.78 is 13.7. The molecule has 0 spiro atoms. The minimum Gasteiger partial charge on any atom is -0.338 e. The van der Waals surface area contributed by atoms with Gasteiger partial charge in [-0.2, -0.15) is 0 Å². The van der Waals surface area contributed by atoms with E-state index in [2.05, 4.69) is 15.6 Å². The van der Waals surface area contributed by atoms with E-state index in [1.807, 2.05) is 19.2 Å². The van der Waals surface area contributed by atoms with Crippen molar-refractivity contribution in [1.29, 1.82) is 0 Å². The summed E-state index contributed by atoms with van der Waals surface area (Å²) in [5.74, 6) is -0.179. The zero-order valence-corrected chi connectivity index (χ0v) is 13.2. The van der Waals surface area contributed by atoms with Gasteiger partial charge in [-0.3, -0.25) is 0 Å². The molecular formula is C16H18FN3OS. The first-order valence-electron chi connectivity index (χ1n) is 7.36. The Morgan fingerprint density at radius 2 is 2.36 bits per heavy atom. The summed E-state index contributed by atoms with van der Waals surface area (Å²) in [5.41, 5.74) is 1.62. The molecule has 0 bridgehead atoms. The number of nitrogens with one attached hydrogen (secondary N) is 2. The fraction of sp³-hybridized carbons (Fsp3) is 0.375. The van der Waals surface area contributed by atoms with Crippen molar-refractivity contribution in [3.63, 3.8) is 0 Å². The lowest BCUT2D eigenvalue weighted by molar-refractivity contribution is 0.237. The van der Waals surface area contributed by atoms with Crippen molar-refractivity contribution in [1.82, 2.24) is 15.6 Å². The second kappa shape index (κ2) is 6.44. The molecule has 1 heterocycles. The Kier molecular flexibility index (Phi) is 4.38. The van der Waals surface area contributed by atoms with Gasteiger partial charge >= 0.3 is 6.03 Å². The fourth-order valence-corrected chi connectivity index (χ4v) is 3.56. The Hall–Kier alpha value is -1.95. The van der Waals surface area contributed by atoms with Gasteiger partial charge in [-0.1, -0.05) is 12.1 Å². The predicted molar refractivity (Wildman–Crippen MR) is 84.6 cm³/mol. The lowest BCUT2D eigenvalue weighted by Gasteiger charge is -2.14. The van der Waals surface area contributed by atoms with Crippen LogP contribution in [0.15, 0.2) is 24.4 Å². The summed E-state index contributed by atoms with van der Waals surface area (Å²) in [6, 6.07) is 4.73. The zero-order chi connectivity index (χ0) is 15.5. The Bertz CT molecular complexity index is 686. The number of rotatable bonds is 4. The molecule has 2 amide bonds. The van der Waals surface area contributed by atoms with E-state index in [0.717, 1.165) is 29.0 Å². The van der Waals surface area contributed by atoms with Crippen LogP contribution >= 0.6 is 11.3 Å². The molecule has 1 atom stereocenters. The van der Waals surface area contributed by atoms with Crippen molar-refractivity contribution in [3.8, 4) is 0 Å². The van der Waals surface area contributed by atoms with Crippen molar-refractivity contribution in [2.24, 2.45) is 0 Å². The number of fused-ring (bicyclic) bond motifs is 1. The van der Waals surface area contributed by atoms with Gasteiger partial charge in [0.05, 0.1) is 11.0 Å². The lowest BCUT2D eigenvalue weighted by atomic mass is 10.1. The third-order valence-corrected chi connectivity index (χ3v) is 4.78. The second-order valence-corrected chi connectivity index (χ2v) is 6.73. The van der Waals surface area contributed by atoms with Gasteiger partial charge in [0.25, 0.3) is 0 Å². The number of aromatic nitrogens is 1. The van der Waals surface area contributed by atoms with E-state index in [1.54, 1.807) is 17.4 Å². The first-order chi connectivity index (χ1) is 10.6. The highest BCUT2D eigenvalue weighted by Gasteiger charge is 2.25. The van der Waals surface area contributed by atoms with Crippen LogP contribution < -0.4 is 10.6 Å². The van der Waals surface area contributed by atoms with Crippen LogP contribution in [-0.2, 0) is 12.8 Å². The Morgan fingerprint density at radius 1 is 1.50 bits per heavy atom. The molecule has 0 radical (unpaired) electrons. The number of benzene rings is 1. The molecule has 0 unspecified atom stereocenters. The number of hydrogen-bond acceptors (Lipinski definition) is 3. The third-order valence-electron chi connectivity index (χ3n) is 3.81. The first-order valence-corrected chi connectivity index (χ1v) is 8.18. The van der Waals surface area contributed by atoms with Crippen LogP contribution in [-0.4, -0.2) is 17.6 Å². The van der Waals surface area contributed by atoms with Gasteiger partial charge in [0.2, 0.25) is 0 Å². The number of carbonyl (C=O) groups excluding carboxylic acids is 1. The van der Waals surface area contributed by atoms with Crippen LogP contribution in [0.3, 0.4) is 0 Å². The van der Waals surface area contributed by atoms with E-state index in [9.17, 15) is 9.18 Å². The Balaban J connectivity index is 1.50. The number of halogens is 1. The molecule has 2 aromatic rings. The Morgan fingerprint density at radius 3 is 3.14 bits per heavy atom. The van der Waals surface area contributed by atoms with Crippen LogP contribution in [0.25, 0.3) is 0 Å². The summed E-state index contributed by atoms with van der Waals surface area (Å²) in [7, 11) is 0. The molecule has 0 saturated carbocycles. The normalized spacial score (nSPS) is 16.4. The molecule has 22 heavy (non-hydrogen) atoms. The second-order valence-electron chi connectivity index (χ2n) is 5.41. The van der Waals surface area contributed by atoms with Gasteiger partial charge in [-0.15, -0.1) is 11.3 Å². The molecule has 1 aromatic carbocycles. The maximum Gasteiger partial charge on any atom is 0.315 e. The molecule has 116 valence electrons. The average Bonchev–Trinajstić information content (AvgIpc) is 3.07. The third kappa shape index (κ3) is 3.27. The van der Waals surface area contributed by atoms with Crippen LogP contribution in [0.5, 0.6) is 0 Å². The summed E-state index contributed by atoms with van der Waals surface area (Å²) in [6.45, 7) is 2.56. The quantitative estimate of drug-likeness (QED) is 0.910. The van der Waals surface area contributed by atoms with E-state index in [4.69, 9.17) is 0 Å². The number of nitrogens with zero attached hydrogens (tertiary/aromatic N) is 1. The van der Waals surface area contributed by atoms with Crippen molar-refractivity contribution in [2.45, 2.75) is 32.2 Å². The van der Waals surface area contributed by atoms with E-state index in [-0.39, 0.29) is 17.9 Å². The minimum absolute atomic E-state index is 0.104. The first kappa shape index (κ1) is 15.0. The fourth-order valence-electron chi connectivity index (χ4n) is 2.77. The Labute approximate surface area is 132 Å². The molecule has 1 aliphatic rings. The van der Waals surface area contributed by atoms with E-state index >= 15 is 0 Å². The molecule has 1 aliphatic carbocycles. The summed E-state index contributed by atoms with van der Waals surface area (Å²) in [5, 5.41) is 6.78. The van der Waals surface area contributed by atoms with E-state index in [1.165, 1.54) is 10.9 Å². The van der Waals surface area contributed by atoms with E-state index in [0.29, 0.717) is 13.0 Å². The predicted octanol–water partition coefficient (Wildman–Crippen LogP) is 3.12. The number of urea groups is 1. The maximum absolute atomic E-state index is 13.7. The standard InChI is InChI=1S/C16H18FN3OS/c1-10-9-19-15(22-10)7-8-18-16(21)20-14-6-5-11-12(14)3-2-4-13(11)17/h2-4,9,14H,5-8H2,1H3,(H2,18,20,21)/t14-/m1/s1. The highest BCUT2D eigenvalue weighted by atomic mass is 32.1. The highest BCUT2D eigenvalue weighted by Crippen LogP contribution is 2.32. The molecule has 3 rings (SSSR count). The van der Waals surface area contributed by atoms with Gasteiger partial charge in [0.15, 0.2) is 0 Å². The number of aryl methyl sites for hydroxylation is 1. The lowest BCUT2D eigenvalue weighted by Crippen LogP contribution is -2.38. The van der Waals surface area contributed by atoms with E-state index < -0.39 is 0 Å². The van der Waals surface area contributed by atoms with Crippen molar-refractivity contribution < 1.29 is 9.18 Å². The SMILES string of the molecule is Cc1cnc(CCNC(=O)N[C@@H]2CCc3c(F)cccc32)s1. The topological polar surface area (TPSA) is 54.0 Å². The molecule has 0 fully saturated rings. The number of amides is 2. The van der Waals surface area contributed by atoms with Crippen LogP contribution in [0, 0.1) is 12.7 Å². The molecule has 2 N–H and O–H groups in total. The summed E-state index contributed by atoms with van der Waals surface area (Å²) >= 11 is 1.64. The molecule has 0 aliphatic heterocycles. The average molecular weight is 319 g/mol. The minimum atomic E-state index is -0.213. The van der Waals surface area contributed by atoms with Crippen molar-refractivity contribution in [2.75, 3.05) is 6.54 Å². The molecule has 4 nitrogen and oxygen atoms in total. The summed E-state index contributed by atoms with van der Waals surface area (Å²) in [6.07, 6.45) is 3.98. The zero-order valence-electron chi connectivity index (χ0n) is 12.4. The van der Waals surface area contributed by atoms with Crippen LogP contribution in [0.4, 0.5) is 9.18 Å². The van der Waals surface area contributed by atoms with Crippen LogP contribution in [0.2, 0.25) is 0 Å². The summed E-state index contributed by atoms with van der Waals surface area (Å²) in [4.78, 5) is 17.4. The van der Waals surface area contributed by atoms with Crippen LogP contribution in [0.1, 0.15) is 33.5 Å². The number of hydrogen-bond donors (Lipinski definition) is 2. The van der Waals surface area contributed by atoms with Crippen molar-refractivity contribution >= 4 is 17.4 Å². The smallest absolute Gasteiger partial charge is 0.315 e. The number of carbonyl (C=O) groups is 1.